The van der Waals surface area contributed by atoms with E-state index in [2.05, 4.69) is 52.7 Å². The highest BCUT2D eigenvalue weighted by Crippen LogP contribution is 2.25. The van der Waals surface area contributed by atoms with Crippen molar-refractivity contribution < 1.29 is 4.79 Å². The van der Waals surface area contributed by atoms with Crippen molar-refractivity contribution in [2.75, 3.05) is 51.1 Å². The van der Waals surface area contributed by atoms with Gasteiger partial charge in [-0.1, -0.05) is 13.5 Å². The van der Waals surface area contributed by atoms with Gasteiger partial charge in [0.05, 0.1) is 0 Å². The van der Waals surface area contributed by atoms with Crippen molar-refractivity contribution in [2.45, 2.75) is 39.7 Å². The Bertz CT molecular complexity index is 952. The van der Waals surface area contributed by atoms with Crippen LogP contribution in [-0.4, -0.2) is 76.4 Å². The molecule has 4 heterocycles. The highest BCUT2D eigenvalue weighted by molar-refractivity contribution is 7.15. The first-order valence-corrected chi connectivity index (χ1v) is 12.9. The van der Waals surface area contributed by atoms with Gasteiger partial charge in [0.1, 0.15) is 5.82 Å². The fourth-order valence-electron chi connectivity index (χ4n) is 4.81. The maximum Gasteiger partial charge on any atom is 0.245 e. The second-order valence-electron chi connectivity index (χ2n) is 9.16. The minimum atomic E-state index is 0.0362. The van der Waals surface area contributed by atoms with Gasteiger partial charge in [0, 0.05) is 62.6 Å². The summed E-state index contributed by atoms with van der Waals surface area (Å²) in [5.41, 5.74) is 2.38. The van der Waals surface area contributed by atoms with Gasteiger partial charge in [-0.15, -0.1) is 11.3 Å². The van der Waals surface area contributed by atoms with Crippen LogP contribution in [0.4, 0.5) is 10.9 Å². The molecule has 2 aliphatic heterocycles. The van der Waals surface area contributed by atoms with Crippen LogP contribution in [-0.2, 0) is 17.8 Å². The molecule has 1 atom stereocenters. The fourth-order valence-corrected chi connectivity index (χ4v) is 5.48. The zero-order valence-corrected chi connectivity index (χ0v) is 20.7. The van der Waals surface area contributed by atoms with Crippen LogP contribution in [0.5, 0.6) is 0 Å². The second-order valence-corrected chi connectivity index (χ2v) is 10.4. The molecule has 0 spiro atoms. The van der Waals surface area contributed by atoms with Crippen LogP contribution in [0.3, 0.4) is 0 Å². The highest BCUT2D eigenvalue weighted by atomic mass is 32.1. The van der Waals surface area contributed by atoms with Gasteiger partial charge in [0.25, 0.3) is 0 Å². The van der Waals surface area contributed by atoms with Crippen LogP contribution in [0, 0.1) is 12.8 Å². The van der Waals surface area contributed by atoms with Crippen LogP contribution in [0.15, 0.2) is 31.0 Å². The van der Waals surface area contributed by atoms with Crippen molar-refractivity contribution in [1.82, 2.24) is 24.7 Å². The van der Waals surface area contributed by atoms with Crippen LogP contribution >= 0.6 is 11.3 Å². The molecule has 8 heteroatoms. The van der Waals surface area contributed by atoms with Crippen LogP contribution < -0.4 is 5.32 Å². The van der Waals surface area contributed by atoms with Crippen molar-refractivity contribution in [3.05, 3.63) is 47.1 Å². The molecule has 2 saturated heterocycles. The van der Waals surface area contributed by atoms with E-state index >= 15 is 0 Å². The molecule has 2 fully saturated rings. The number of likely N-dealkylation sites (N-methyl/N-ethyl adjacent to an activating group) is 1. The molecule has 0 unspecified atom stereocenters. The molecule has 2 aliphatic rings. The number of carbonyl (C=O) groups excluding carboxylic acids is 1. The summed E-state index contributed by atoms with van der Waals surface area (Å²) in [6.45, 7) is 16.1. The molecule has 1 amide bonds. The molecule has 0 saturated carbocycles. The Labute approximate surface area is 201 Å². The summed E-state index contributed by atoms with van der Waals surface area (Å²) in [4.78, 5) is 29.7. The molecule has 2 aromatic rings. The molecule has 1 N–H and O–H groups in total. The highest BCUT2D eigenvalue weighted by Gasteiger charge is 2.23. The van der Waals surface area contributed by atoms with Gasteiger partial charge in [-0.3, -0.25) is 9.69 Å². The molecule has 0 aliphatic carbocycles. The van der Waals surface area contributed by atoms with Gasteiger partial charge in [-0.2, -0.15) is 0 Å². The monoisotopic (exact) mass is 468 g/mol. The maximum absolute atomic E-state index is 12.1. The van der Waals surface area contributed by atoms with Gasteiger partial charge >= 0.3 is 0 Å². The molecule has 178 valence electrons. The van der Waals surface area contributed by atoms with E-state index in [1.807, 2.05) is 11.1 Å². The largest absolute Gasteiger partial charge is 0.339 e. The Hall–Kier alpha value is -2.29. The molecule has 33 heavy (non-hydrogen) atoms. The summed E-state index contributed by atoms with van der Waals surface area (Å²) in [6, 6.07) is 4.43. The molecule has 7 nitrogen and oxygen atoms in total. The third kappa shape index (κ3) is 6.62. The molecule has 2 aromatic heterocycles. The number of piperazine rings is 1. The van der Waals surface area contributed by atoms with E-state index in [0.717, 1.165) is 88.3 Å². The number of aromatic nitrogens is 2. The van der Waals surface area contributed by atoms with Crippen molar-refractivity contribution in [3.8, 4) is 0 Å². The summed E-state index contributed by atoms with van der Waals surface area (Å²) >= 11 is 1.64. The number of aryl methyl sites for hydroxylation is 1. The van der Waals surface area contributed by atoms with E-state index in [4.69, 9.17) is 4.98 Å². The Kier molecular flexibility index (Phi) is 8.11. The van der Waals surface area contributed by atoms with Gasteiger partial charge in [0.15, 0.2) is 5.13 Å². The number of thiazole rings is 1. The number of amides is 1. The standard InChI is InChI=1S/C25H36N6OS/c1-4-24(32)31-8-6-7-20(18-31)13-22-14-21(17-30-11-9-29(5-2)10-12-30)15-23(27-22)28-25-26-16-19(3)33-25/h4,14-16,20H,1,5-13,17-18H2,2-3H3,(H,26,27,28)/t20-/m1/s1. The number of carbonyl (C=O) groups is 1. The Morgan fingerprint density at radius 3 is 2.73 bits per heavy atom. The summed E-state index contributed by atoms with van der Waals surface area (Å²) in [5.74, 6) is 1.32. The van der Waals surface area contributed by atoms with Crippen molar-refractivity contribution in [2.24, 2.45) is 5.92 Å². The first-order valence-electron chi connectivity index (χ1n) is 12.1. The summed E-state index contributed by atoms with van der Waals surface area (Å²) < 4.78 is 0. The number of anilines is 2. The number of hydrogen-bond acceptors (Lipinski definition) is 7. The van der Waals surface area contributed by atoms with E-state index in [-0.39, 0.29) is 5.91 Å². The van der Waals surface area contributed by atoms with Crippen LogP contribution in [0.1, 0.15) is 35.9 Å². The Morgan fingerprint density at radius 2 is 2.03 bits per heavy atom. The molecule has 0 bridgehead atoms. The lowest BCUT2D eigenvalue weighted by molar-refractivity contribution is -0.127. The fraction of sp³-hybridized carbons (Fsp3) is 0.560. The first-order chi connectivity index (χ1) is 16.0. The van der Waals surface area contributed by atoms with Crippen LogP contribution in [0.25, 0.3) is 0 Å². The average Bonchev–Trinajstić information content (AvgIpc) is 3.23. The average molecular weight is 469 g/mol. The lowest BCUT2D eigenvalue weighted by Gasteiger charge is -2.34. The summed E-state index contributed by atoms with van der Waals surface area (Å²) in [6.07, 6.45) is 6.36. The number of piperidine rings is 1. The van der Waals surface area contributed by atoms with Crippen molar-refractivity contribution in [1.29, 1.82) is 0 Å². The maximum atomic E-state index is 12.1. The first kappa shape index (κ1) is 23.9. The second kappa shape index (κ2) is 11.2. The lowest BCUT2D eigenvalue weighted by Crippen LogP contribution is -2.45. The van der Waals surface area contributed by atoms with Crippen molar-refractivity contribution >= 4 is 28.2 Å². The quantitative estimate of drug-likeness (QED) is 0.596. The predicted molar refractivity (Wildman–Crippen MR) is 135 cm³/mol. The van der Waals surface area contributed by atoms with E-state index < -0.39 is 0 Å². The van der Waals surface area contributed by atoms with E-state index in [1.165, 1.54) is 16.5 Å². The summed E-state index contributed by atoms with van der Waals surface area (Å²) in [5, 5.41) is 4.30. The Balaban J connectivity index is 1.49. The number of hydrogen-bond donors (Lipinski definition) is 1. The minimum Gasteiger partial charge on any atom is -0.339 e. The summed E-state index contributed by atoms with van der Waals surface area (Å²) in [7, 11) is 0. The van der Waals surface area contributed by atoms with Gasteiger partial charge in [0.2, 0.25) is 5.91 Å². The van der Waals surface area contributed by atoms with E-state index in [1.54, 1.807) is 11.3 Å². The van der Waals surface area contributed by atoms with E-state index in [0.29, 0.717) is 5.92 Å². The lowest BCUT2D eigenvalue weighted by atomic mass is 9.92. The van der Waals surface area contributed by atoms with Gasteiger partial charge in [-0.05, 0) is 62.4 Å². The molecular formula is C25H36N6OS. The third-order valence-corrected chi connectivity index (χ3v) is 7.44. The topological polar surface area (TPSA) is 64.6 Å². The smallest absolute Gasteiger partial charge is 0.245 e. The van der Waals surface area contributed by atoms with E-state index in [9.17, 15) is 4.79 Å². The zero-order valence-electron chi connectivity index (χ0n) is 19.9. The molecular weight excluding hydrogens is 432 g/mol. The van der Waals surface area contributed by atoms with Crippen molar-refractivity contribution in [3.63, 3.8) is 0 Å². The number of nitrogens with zero attached hydrogens (tertiary/aromatic N) is 5. The number of likely N-dealkylation sites (tertiary alicyclic amines) is 1. The molecule has 0 radical (unpaired) electrons. The zero-order chi connectivity index (χ0) is 23.2. The normalized spacial score (nSPS) is 20.1. The number of pyridine rings is 1. The third-order valence-electron chi connectivity index (χ3n) is 6.62. The number of rotatable bonds is 8. The molecule has 4 rings (SSSR count). The number of nitrogens with one attached hydrogen (secondary N) is 1. The van der Waals surface area contributed by atoms with Crippen LogP contribution in [0.2, 0.25) is 0 Å². The Morgan fingerprint density at radius 1 is 1.24 bits per heavy atom. The minimum absolute atomic E-state index is 0.0362. The van der Waals surface area contributed by atoms with Gasteiger partial charge in [-0.25, -0.2) is 9.97 Å². The van der Waals surface area contributed by atoms with Gasteiger partial charge < -0.3 is 15.1 Å². The SMILES string of the molecule is C=CC(=O)N1CCC[C@H](Cc2cc(CN3CCN(CC)CC3)cc(Nc3ncc(C)s3)n2)C1. The molecule has 0 aromatic carbocycles. The predicted octanol–water partition coefficient (Wildman–Crippen LogP) is 3.69.